The Morgan fingerprint density at radius 3 is 2.71 bits per heavy atom. The summed E-state index contributed by atoms with van der Waals surface area (Å²) in [6.45, 7) is 1.81. The molecule has 92 valence electrons. The van der Waals surface area contributed by atoms with E-state index in [4.69, 9.17) is 11.6 Å². The van der Waals surface area contributed by atoms with Crippen molar-refractivity contribution in [3.8, 4) is 0 Å². The minimum absolute atomic E-state index is 0.0737. The van der Waals surface area contributed by atoms with Crippen LogP contribution in [0.1, 0.15) is 42.2 Å². The molecule has 0 aliphatic heterocycles. The van der Waals surface area contributed by atoms with Crippen LogP contribution in [0.15, 0.2) is 18.2 Å². The van der Waals surface area contributed by atoms with Crippen molar-refractivity contribution in [3.05, 3.63) is 35.1 Å². The molecule has 0 amide bonds. The third-order valence-corrected chi connectivity index (χ3v) is 5.24. The van der Waals surface area contributed by atoms with Gasteiger partial charge < -0.3 is 0 Å². The Labute approximate surface area is 107 Å². The van der Waals surface area contributed by atoms with E-state index in [2.05, 4.69) is 0 Å². The zero-order valence-electron chi connectivity index (χ0n) is 10.1. The summed E-state index contributed by atoms with van der Waals surface area (Å²) in [5.74, 6) is 2.20. The van der Waals surface area contributed by atoms with Gasteiger partial charge in [0.25, 0.3) is 0 Å². The summed E-state index contributed by atoms with van der Waals surface area (Å²) >= 11 is 6.61. The highest BCUT2D eigenvalue weighted by Crippen LogP contribution is 2.54. The second-order valence-corrected chi connectivity index (χ2v) is 6.22. The molecule has 17 heavy (non-hydrogen) atoms. The number of halogens is 2. The van der Waals surface area contributed by atoms with Crippen molar-refractivity contribution in [2.75, 3.05) is 0 Å². The maximum atomic E-state index is 13.2. The molecule has 0 N–H and O–H groups in total. The number of hydrogen-bond acceptors (Lipinski definition) is 0. The summed E-state index contributed by atoms with van der Waals surface area (Å²) in [4.78, 5) is 0. The van der Waals surface area contributed by atoms with Crippen molar-refractivity contribution >= 4 is 11.6 Å². The molecule has 2 fully saturated rings. The van der Waals surface area contributed by atoms with Crippen LogP contribution in [-0.4, -0.2) is 0 Å². The Balaban J connectivity index is 1.81. The molecule has 4 atom stereocenters. The normalized spacial score (nSPS) is 33.0. The van der Waals surface area contributed by atoms with Gasteiger partial charge in [0, 0.05) is 0 Å². The monoisotopic (exact) mass is 252 g/mol. The lowest BCUT2D eigenvalue weighted by Gasteiger charge is -2.26. The predicted octanol–water partition coefficient (Wildman–Crippen LogP) is 4.85. The van der Waals surface area contributed by atoms with Gasteiger partial charge in [-0.2, -0.15) is 0 Å². The molecule has 2 bridgehead atoms. The van der Waals surface area contributed by atoms with E-state index in [1.807, 2.05) is 19.1 Å². The molecule has 0 aromatic heterocycles. The molecular formula is C15H18ClF. The van der Waals surface area contributed by atoms with Crippen LogP contribution < -0.4 is 0 Å². The van der Waals surface area contributed by atoms with Crippen LogP contribution in [0.25, 0.3) is 0 Å². The van der Waals surface area contributed by atoms with E-state index in [1.54, 1.807) is 6.07 Å². The van der Waals surface area contributed by atoms with Crippen molar-refractivity contribution in [3.63, 3.8) is 0 Å². The smallest absolute Gasteiger partial charge is 0.126 e. The summed E-state index contributed by atoms with van der Waals surface area (Å²) in [6.07, 6.45) is 5.38. The Kier molecular flexibility index (Phi) is 2.90. The SMILES string of the molecule is Cc1cc(C(Cl)C2CC3CCC2C3)ccc1F. The third-order valence-electron chi connectivity index (χ3n) is 4.67. The first-order chi connectivity index (χ1) is 8.15. The summed E-state index contributed by atoms with van der Waals surface area (Å²) in [5.41, 5.74) is 1.81. The fourth-order valence-corrected chi connectivity index (χ4v) is 4.18. The van der Waals surface area contributed by atoms with Crippen LogP contribution in [-0.2, 0) is 0 Å². The van der Waals surface area contributed by atoms with Crippen molar-refractivity contribution in [2.24, 2.45) is 17.8 Å². The largest absolute Gasteiger partial charge is 0.207 e. The van der Waals surface area contributed by atoms with E-state index < -0.39 is 0 Å². The Morgan fingerprint density at radius 2 is 2.12 bits per heavy atom. The fourth-order valence-electron chi connectivity index (χ4n) is 3.74. The highest BCUT2D eigenvalue weighted by Gasteiger charge is 2.42. The van der Waals surface area contributed by atoms with E-state index in [1.165, 1.54) is 25.7 Å². The van der Waals surface area contributed by atoms with Gasteiger partial charge >= 0.3 is 0 Å². The van der Waals surface area contributed by atoms with Crippen LogP contribution in [0.5, 0.6) is 0 Å². The topological polar surface area (TPSA) is 0 Å². The first-order valence-electron chi connectivity index (χ1n) is 6.55. The van der Waals surface area contributed by atoms with Crippen LogP contribution in [0, 0.1) is 30.5 Å². The molecule has 1 aromatic rings. The van der Waals surface area contributed by atoms with Gasteiger partial charge in [0.05, 0.1) is 5.38 Å². The number of fused-ring (bicyclic) bond motifs is 2. The quantitative estimate of drug-likeness (QED) is 0.660. The summed E-state index contributed by atoms with van der Waals surface area (Å²) in [7, 11) is 0. The van der Waals surface area contributed by atoms with Crippen molar-refractivity contribution in [1.82, 2.24) is 0 Å². The summed E-state index contributed by atoms with van der Waals surface area (Å²) in [6, 6.07) is 5.32. The second kappa shape index (κ2) is 4.28. The molecule has 2 saturated carbocycles. The van der Waals surface area contributed by atoms with Crippen LogP contribution in [0.3, 0.4) is 0 Å². The molecule has 0 saturated heterocycles. The predicted molar refractivity (Wildman–Crippen MR) is 68.7 cm³/mol. The standard InChI is InChI=1S/C15H18ClF/c1-9-6-12(4-5-14(9)17)15(16)13-8-10-2-3-11(13)7-10/h4-6,10-11,13,15H,2-3,7-8H2,1H3. The molecule has 0 spiro atoms. The van der Waals surface area contributed by atoms with Crippen LogP contribution in [0.4, 0.5) is 4.39 Å². The zero-order chi connectivity index (χ0) is 12.0. The van der Waals surface area contributed by atoms with Crippen molar-refractivity contribution in [1.29, 1.82) is 0 Å². The molecule has 2 aliphatic carbocycles. The first kappa shape index (κ1) is 11.5. The Hall–Kier alpha value is -0.560. The van der Waals surface area contributed by atoms with Gasteiger partial charge in [0.2, 0.25) is 0 Å². The summed E-state index contributed by atoms with van der Waals surface area (Å²) < 4.78 is 13.2. The maximum absolute atomic E-state index is 13.2. The molecule has 0 nitrogen and oxygen atoms in total. The van der Waals surface area contributed by atoms with Gasteiger partial charge in [0.1, 0.15) is 5.82 Å². The first-order valence-corrected chi connectivity index (χ1v) is 6.99. The molecule has 1 aromatic carbocycles. The highest BCUT2D eigenvalue weighted by atomic mass is 35.5. The van der Waals surface area contributed by atoms with Crippen molar-refractivity contribution in [2.45, 2.75) is 38.0 Å². The Bertz CT molecular complexity index is 429. The van der Waals surface area contributed by atoms with E-state index in [0.29, 0.717) is 11.5 Å². The molecule has 4 unspecified atom stereocenters. The minimum atomic E-state index is -0.134. The summed E-state index contributed by atoms with van der Waals surface area (Å²) in [5, 5.41) is 0.0737. The van der Waals surface area contributed by atoms with Crippen molar-refractivity contribution < 1.29 is 4.39 Å². The van der Waals surface area contributed by atoms with Gasteiger partial charge in [0.15, 0.2) is 0 Å². The van der Waals surface area contributed by atoms with Gasteiger partial charge in [-0.25, -0.2) is 4.39 Å². The van der Waals surface area contributed by atoms with Gasteiger partial charge in [-0.1, -0.05) is 18.6 Å². The van der Waals surface area contributed by atoms with E-state index in [-0.39, 0.29) is 11.2 Å². The van der Waals surface area contributed by atoms with Crippen LogP contribution in [0.2, 0.25) is 0 Å². The number of alkyl halides is 1. The van der Waals surface area contributed by atoms with Gasteiger partial charge in [-0.15, -0.1) is 11.6 Å². The van der Waals surface area contributed by atoms with Gasteiger partial charge in [-0.05, 0) is 61.1 Å². The lowest BCUT2D eigenvalue weighted by Crippen LogP contribution is -2.16. The molecule has 3 rings (SSSR count). The van der Waals surface area contributed by atoms with E-state index >= 15 is 0 Å². The number of rotatable bonds is 2. The average molecular weight is 253 g/mol. The minimum Gasteiger partial charge on any atom is -0.207 e. The van der Waals surface area contributed by atoms with E-state index in [9.17, 15) is 4.39 Å². The van der Waals surface area contributed by atoms with E-state index in [0.717, 1.165) is 17.4 Å². The zero-order valence-corrected chi connectivity index (χ0v) is 10.9. The fraction of sp³-hybridized carbons (Fsp3) is 0.600. The molecule has 0 heterocycles. The van der Waals surface area contributed by atoms with Crippen LogP contribution >= 0.6 is 11.6 Å². The lowest BCUT2D eigenvalue weighted by molar-refractivity contribution is 0.323. The molecule has 2 heteroatoms. The maximum Gasteiger partial charge on any atom is 0.126 e. The number of aryl methyl sites for hydroxylation is 1. The molecule has 0 radical (unpaired) electrons. The number of hydrogen-bond donors (Lipinski definition) is 0. The third kappa shape index (κ3) is 1.99. The lowest BCUT2D eigenvalue weighted by atomic mass is 9.83. The average Bonchev–Trinajstić information content (AvgIpc) is 2.93. The highest BCUT2D eigenvalue weighted by molar-refractivity contribution is 6.21. The number of benzene rings is 1. The molecular weight excluding hydrogens is 235 g/mol. The second-order valence-electron chi connectivity index (χ2n) is 5.75. The van der Waals surface area contributed by atoms with Gasteiger partial charge in [-0.3, -0.25) is 0 Å². The molecule has 2 aliphatic rings. The Morgan fingerprint density at radius 1 is 1.29 bits per heavy atom.